The third kappa shape index (κ3) is 1.78. The number of nitrogens with zero attached hydrogens (tertiary/aromatic N) is 1. The van der Waals surface area contributed by atoms with Crippen LogP contribution < -0.4 is 5.32 Å². The van der Waals surface area contributed by atoms with Crippen LogP contribution in [0.3, 0.4) is 0 Å². The summed E-state index contributed by atoms with van der Waals surface area (Å²) in [7, 11) is 0. The van der Waals surface area contributed by atoms with Gasteiger partial charge in [0.2, 0.25) is 0 Å². The predicted molar refractivity (Wildman–Crippen MR) is 52.4 cm³/mol. The molecular weight excluding hydrogens is 198 g/mol. The molecule has 0 unspecified atom stereocenters. The number of anilines is 1. The van der Waals surface area contributed by atoms with Crippen LogP contribution in [0.15, 0.2) is 24.4 Å². The fraction of sp³-hybridized carbons (Fsp3) is 0. The maximum absolute atomic E-state index is 10.9. The Morgan fingerprint density at radius 3 is 2.93 bits per heavy atom. The van der Waals surface area contributed by atoms with E-state index in [1.54, 1.807) is 24.4 Å². The summed E-state index contributed by atoms with van der Waals surface area (Å²) >= 11 is 0. The van der Waals surface area contributed by atoms with Gasteiger partial charge in [0.1, 0.15) is 0 Å². The van der Waals surface area contributed by atoms with Crippen molar-refractivity contribution in [2.45, 2.75) is 0 Å². The lowest BCUT2D eigenvalue weighted by molar-refractivity contribution is -0.147. The van der Waals surface area contributed by atoms with E-state index < -0.39 is 11.9 Å². The summed E-state index contributed by atoms with van der Waals surface area (Å²) in [5.74, 6) is -2.58. The Morgan fingerprint density at radius 2 is 2.20 bits per heavy atom. The van der Waals surface area contributed by atoms with Crippen molar-refractivity contribution in [2.24, 2.45) is 0 Å². The number of amides is 1. The van der Waals surface area contributed by atoms with Gasteiger partial charge >= 0.3 is 11.9 Å². The first-order valence-corrected chi connectivity index (χ1v) is 4.14. The van der Waals surface area contributed by atoms with Gasteiger partial charge in [-0.05, 0) is 18.2 Å². The molecule has 6 nitrogen and oxygen atoms in total. The number of carbonyl (C=O) groups excluding carboxylic acids is 1. The van der Waals surface area contributed by atoms with Crippen molar-refractivity contribution in [3.63, 3.8) is 0 Å². The molecule has 2 aromatic rings. The van der Waals surface area contributed by atoms with Crippen LogP contribution in [-0.4, -0.2) is 27.2 Å². The molecule has 0 aliphatic carbocycles. The van der Waals surface area contributed by atoms with Gasteiger partial charge in [0.25, 0.3) is 0 Å². The zero-order valence-corrected chi connectivity index (χ0v) is 7.52. The Bertz CT molecular complexity index is 532. The van der Waals surface area contributed by atoms with Crippen LogP contribution in [0.25, 0.3) is 10.9 Å². The molecule has 76 valence electrons. The lowest BCUT2D eigenvalue weighted by Gasteiger charge is -2.00. The monoisotopic (exact) mass is 205 g/mol. The molecule has 0 aliphatic rings. The average Bonchev–Trinajstić information content (AvgIpc) is 2.64. The first-order valence-electron chi connectivity index (χ1n) is 4.14. The van der Waals surface area contributed by atoms with Gasteiger partial charge in [-0.2, -0.15) is 5.10 Å². The molecule has 0 bridgehead atoms. The SMILES string of the molecule is O=C(O)C(=O)Nc1ccc2cn[nH]c2c1. The molecule has 0 atom stereocenters. The molecule has 6 heteroatoms. The molecular formula is C9H7N3O3. The topological polar surface area (TPSA) is 95.1 Å². The molecule has 3 N–H and O–H groups in total. The molecule has 15 heavy (non-hydrogen) atoms. The van der Waals surface area contributed by atoms with Crippen LogP contribution in [0, 0.1) is 0 Å². The van der Waals surface area contributed by atoms with E-state index in [0.29, 0.717) is 5.69 Å². The summed E-state index contributed by atoms with van der Waals surface area (Å²) in [5, 5.41) is 18.0. The van der Waals surface area contributed by atoms with Gasteiger partial charge in [0.05, 0.1) is 11.7 Å². The van der Waals surface area contributed by atoms with Crippen molar-refractivity contribution in [3.05, 3.63) is 24.4 Å². The number of rotatable bonds is 1. The molecule has 0 saturated heterocycles. The third-order valence-electron chi connectivity index (χ3n) is 1.89. The minimum absolute atomic E-state index is 0.416. The van der Waals surface area contributed by atoms with Crippen LogP contribution in [0.1, 0.15) is 0 Å². The van der Waals surface area contributed by atoms with E-state index in [2.05, 4.69) is 15.5 Å². The van der Waals surface area contributed by atoms with Crippen LogP contribution in [0.2, 0.25) is 0 Å². The van der Waals surface area contributed by atoms with Gasteiger partial charge in [-0.25, -0.2) is 4.79 Å². The summed E-state index contributed by atoms with van der Waals surface area (Å²) in [4.78, 5) is 21.1. The molecule has 0 aliphatic heterocycles. The second-order valence-electron chi connectivity index (χ2n) is 2.93. The second kappa shape index (κ2) is 3.41. The number of aromatic amines is 1. The maximum Gasteiger partial charge on any atom is 0.394 e. The van der Waals surface area contributed by atoms with Gasteiger partial charge < -0.3 is 10.4 Å². The highest BCUT2D eigenvalue weighted by Gasteiger charge is 2.11. The van der Waals surface area contributed by atoms with Crippen LogP contribution in [0.4, 0.5) is 5.69 Å². The first kappa shape index (κ1) is 9.20. The lowest BCUT2D eigenvalue weighted by Crippen LogP contribution is -2.21. The Balaban J connectivity index is 2.28. The number of hydrogen-bond acceptors (Lipinski definition) is 3. The van der Waals surface area contributed by atoms with E-state index in [1.165, 1.54) is 0 Å². The number of H-pyrrole nitrogens is 1. The minimum Gasteiger partial charge on any atom is -0.474 e. The Labute approximate surface area is 83.9 Å². The Morgan fingerprint density at radius 1 is 1.40 bits per heavy atom. The molecule has 2 rings (SSSR count). The molecule has 1 heterocycles. The smallest absolute Gasteiger partial charge is 0.394 e. The number of carbonyl (C=O) groups is 2. The second-order valence-corrected chi connectivity index (χ2v) is 2.93. The molecule has 0 fully saturated rings. The number of aliphatic carboxylic acids is 1. The first-order chi connectivity index (χ1) is 7.16. The number of fused-ring (bicyclic) bond motifs is 1. The number of nitrogens with one attached hydrogen (secondary N) is 2. The lowest BCUT2D eigenvalue weighted by atomic mass is 10.2. The minimum atomic E-state index is -1.51. The molecule has 0 spiro atoms. The number of carboxylic acid groups (broad SMARTS) is 1. The van der Waals surface area contributed by atoms with Gasteiger partial charge in [-0.3, -0.25) is 9.89 Å². The summed E-state index contributed by atoms with van der Waals surface area (Å²) in [5.41, 5.74) is 1.15. The van der Waals surface area contributed by atoms with E-state index >= 15 is 0 Å². The number of benzene rings is 1. The molecule has 0 radical (unpaired) electrons. The van der Waals surface area contributed by atoms with E-state index in [1.807, 2.05) is 0 Å². The quantitative estimate of drug-likeness (QED) is 0.593. The van der Waals surface area contributed by atoms with Crippen molar-refractivity contribution in [2.75, 3.05) is 5.32 Å². The molecule has 1 aromatic carbocycles. The number of carboxylic acids is 1. The Kier molecular flexibility index (Phi) is 2.09. The highest BCUT2D eigenvalue weighted by Crippen LogP contribution is 2.16. The summed E-state index contributed by atoms with van der Waals surface area (Å²) in [6.07, 6.45) is 1.64. The summed E-state index contributed by atoms with van der Waals surface area (Å²) < 4.78 is 0. The standard InChI is InChI=1S/C9H7N3O3/c13-8(9(14)15)11-6-2-1-5-4-10-12-7(5)3-6/h1-4H,(H,10,12)(H,11,13)(H,14,15). The highest BCUT2D eigenvalue weighted by atomic mass is 16.4. The number of hydrogen-bond donors (Lipinski definition) is 3. The average molecular weight is 205 g/mol. The van der Waals surface area contributed by atoms with Crippen LogP contribution in [-0.2, 0) is 9.59 Å². The van der Waals surface area contributed by atoms with Crippen molar-refractivity contribution >= 4 is 28.5 Å². The largest absolute Gasteiger partial charge is 0.474 e. The molecule has 1 aromatic heterocycles. The fourth-order valence-electron chi connectivity index (χ4n) is 1.20. The van der Waals surface area contributed by atoms with Crippen LogP contribution in [0.5, 0.6) is 0 Å². The van der Waals surface area contributed by atoms with Crippen molar-refractivity contribution in [1.82, 2.24) is 10.2 Å². The van der Waals surface area contributed by atoms with Crippen molar-refractivity contribution < 1.29 is 14.7 Å². The summed E-state index contributed by atoms with van der Waals surface area (Å²) in [6.45, 7) is 0. The van der Waals surface area contributed by atoms with Crippen molar-refractivity contribution in [3.8, 4) is 0 Å². The fourth-order valence-corrected chi connectivity index (χ4v) is 1.20. The molecule has 1 amide bonds. The molecule has 0 saturated carbocycles. The normalized spacial score (nSPS) is 10.1. The third-order valence-corrected chi connectivity index (χ3v) is 1.89. The van der Waals surface area contributed by atoms with E-state index in [4.69, 9.17) is 5.11 Å². The zero-order valence-electron chi connectivity index (χ0n) is 7.52. The highest BCUT2D eigenvalue weighted by molar-refractivity contribution is 6.36. The van der Waals surface area contributed by atoms with Gasteiger partial charge in [-0.15, -0.1) is 0 Å². The zero-order chi connectivity index (χ0) is 10.8. The van der Waals surface area contributed by atoms with Gasteiger partial charge in [0.15, 0.2) is 0 Å². The van der Waals surface area contributed by atoms with Gasteiger partial charge in [-0.1, -0.05) is 0 Å². The van der Waals surface area contributed by atoms with Crippen LogP contribution >= 0.6 is 0 Å². The van der Waals surface area contributed by atoms with Crippen molar-refractivity contribution in [1.29, 1.82) is 0 Å². The summed E-state index contributed by atoms with van der Waals surface area (Å²) in [6, 6.07) is 4.96. The number of aromatic nitrogens is 2. The Hall–Kier alpha value is -2.37. The maximum atomic E-state index is 10.9. The van der Waals surface area contributed by atoms with Gasteiger partial charge in [0, 0.05) is 11.1 Å². The van der Waals surface area contributed by atoms with E-state index in [0.717, 1.165) is 10.9 Å². The van der Waals surface area contributed by atoms with E-state index in [9.17, 15) is 9.59 Å². The van der Waals surface area contributed by atoms with E-state index in [-0.39, 0.29) is 0 Å². The predicted octanol–water partition coefficient (Wildman–Crippen LogP) is 0.586.